The number of carbonyl (C=O) groups excluding carboxylic acids is 1. The lowest BCUT2D eigenvalue weighted by Crippen LogP contribution is -2.07. The molecule has 0 aliphatic carbocycles. The van der Waals surface area contributed by atoms with Crippen molar-refractivity contribution in [1.82, 2.24) is 4.98 Å². The average Bonchev–Trinajstić information content (AvgIpc) is 3.20. The fourth-order valence-corrected chi connectivity index (χ4v) is 3.73. The van der Waals surface area contributed by atoms with E-state index in [4.69, 9.17) is 14.2 Å². The van der Waals surface area contributed by atoms with Crippen LogP contribution in [0.1, 0.15) is 23.7 Å². The Morgan fingerprint density at radius 1 is 1.26 bits per heavy atom. The monoisotopic (exact) mass is 503 g/mol. The Labute approximate surface area is 193 Å². The maximum absolute atomic E-state index is 11.5. The van der Waals surface area contributed by atoms with Gasteiger partial charge in [-0.05, 0) is 58.7 Å². The summed E-state index contributed by atoms with van der Waals surface area (Å²) in [5.41, 5.74) is 5.31. The highest BCUT2D eigenvalue weighted by Gasteiger charge is 2.09. The molecular formula is C22H22BrN3O4S. The Bertz CT molecular complexity index is 1050. The Hall–Kier alpha value is -2.91. The van der Waals surface area contributed by atoms with Gasteiger partial charge in [-0.1, -0.05) is 12.1 Å². The lowest BCUT2D eigenvalue weighted by molar-refractivity contribution is -0.142. The van der Waals surface area contributed by atoms with Crippen molar-refractivity contribution in [3.63, 3.8) is 0 Å². The van der Waals surface area contributed by atoms with E-state index < -0.39 is 0 Å². The van der Waals surface area contributed by atoms with Gasteiger partial charge < -0.3 is 14.2 Å². The number of esters is 1. The van der Waals surface area contributed by atoms with Gasteiger partial charge in [-0.25, -0.2) is 4.98 Å². The molecule has 0 fully saturated rings. The second kappa shape index (κ2) is 11.5. The van der Waals surface area contributed by atoms with Crippen LogP contribution in [0.15, 0.2) is 57.4 Å². The third-order valence-electron chi connectivity index (χ3n) is 4.08. The maximum Gasteiger partial charge on any atom is 0.311 e. The fraction of sp³-hybridized carbons (Fsp3) is 0.227. The highest BCUT2D eigenvalue weighted by molar-refractivity contribution is 9.10. The second-order valence-electron chi connectivity index (χ2n) is 6.29. The van der Waals surface area contributed by atoms with Gasteiger partial charge in [0.2, 0.25) is 5.13 Å². The molecule has 0 radical (unpaired) electrons. The Balaban J connectivity index is 1.62. The Morgan fingerprint density at radius 3 is 2.87 bits per heavy atom. The number of thiazole rings is 1. The van der Waals surface area contributed by atoms with Gasteiger partial charge in [-0.2, -0.15) is 5.10 Å². The minimum atomic E-state index is -0.293. The van der Waals surface area contributed by atoms with Crippen molar-refractivity contribution in [2.24, 2.45) is 5.10 Å². The molecule has 0 amide bonds. The smallest absolute Gasteiger partial charge is 0.311 e. The normalized spacial score (nSPS) is 10.8. The van der Waals surface area contributed by atoms with Crippen molar-refractivity contribution in [1.29, 1.82) is 0 Å². The SMILES string of the molecule is CCOC(=O)Cc1csc(NN=Cc2ccc(OC)c(COc3ccccc3Br)c2)n1. The van der Waals surface area contributed by atoms with Gasteiger partial charge in [0.1, 0.15) is 18.1 Å². The van der Waals surface area contributed by atoms with Crippen LogP contribution >= 0.6 is 27.3 Å². The van der Waals surface area contributed by atoms with E-state index in [9.17, 15) is 4.79 Å². The molecule has 2 aromatic carbocycles. The van der Waals surface area contributed by atoms with E-state index >= 15 is 0 Å². The predicted octanol–water partition coefficient (Wildman–Crippen LogP) is 5.04. The molecule has 0 saturated heterocycles. The van der Waals surface area contributed by atoms with Crippen molar-refractivity contribution < 1.29 is 19.0 Å². The van der Waals surface area contributed by atoms with E-state index in [2.05, 4.69) is 31.4 Å². The first-order valence-electron chi connectivity index (χ1n) is 9.52. The molecule has 0 spiro atoms. The first-order chi connectivity index (χ1) is 15.1. The highest BCUT2D eigenvalue weighted by Crippen LogP contribution is 2.27. The number of ether oxygens (including phenoxy) is 3. The molecule has 3 aromatic rings. The molecule has 162 valence electrons. The van der Waals surface area contributed by atoms with Crippen LogP contribution in [0, 0.1) is 0 Å². The van der Waals surface area contributed by atoms with E-state index in [0.29, 0.717) is 24.0 Å². The summed E-state index contributed by atoms with van der Waals surface area (Å²) in [7, 11) is 1.63. The van der Waals surface area contributed by atoms with E-state index in [1.54, 1.807) is 25.6 Å². The topological polar surface area (TPSA) is 82.0 Å². The van der Waals surface area contributed by atoms with Gasteiger partial charge in [-0.3, -0.25) is 10.2 Å². The Morgan fingerprint density at radius 2 is 2.10 bits per heavy atom. The zero-order chi connectivity index (χ0) is 22.1. The molecule has 0 bridgehead atoms. The van der Waals surface area contributed by atoms with E-state index in [1.807, 2.05) is 42.5 Å². The van der Waals surface area contributed by atoms with E-state index in [-0.39, 0.29) is 12.4 Å². The third-order valence-corrected chi connectivity index (χ3v) is 5.53. The highest BCUT2D eigenvalue weighted by atomic mass is 79.9. The summed E-state index contributed by atoms with van der Waals surface area (Å²) >= 11 is 4.86. The quantitative estimate of drug-likeness (QED) is 0.237. The number of nitrogens with one attached hydrogen (secondary N) is 1. The van der Waals surface area contributed by atoms with Gasteiger partial charge in [0, 0.05) is 10.9 Å². The standard InChI is InChI=1S/C22H22BrN3O4S/c1-3-29-21(27)11-17-14-31-22(25-17)26-24-12-15-8-9-19(28-2)16(10-15)13-30-20-7-5-4-6-18(20)23/h4-10,12,14H,3,11,13H2,1-2H3,(H,25,26). The molecule has 1 heterocycles. The number of hydrogen-bond acceptors (Lipinski definition) is 8. The molecule has 1 aromatic heterocycles. The number of aromatic nitrogens is 1. The van der Waals surface area contributed by atoms with Gasteiger partial charge >= 0.3 is 5.97 Å². The van der Waals surface area contributed by atoms with E-state index in [0.717, 1.165) is 27.1 Å². The van der Waals surface area contributed by atoms with Crippen molar-refractivity contribution in [3.8, 4) is 11.5 Å². The average molecular weight is 504 g/mol. The summed E-state index contributed by atoms with van der Waals surface area (Å²) in [6.45, 7) is 2.48. The van der Waals surface area contributed by atoms with Crippen LogP contribution in [0.2, 0.25) is 0 Å². The van der Waals surface area contributed by atoms with Crippen LogP contribution in [0.4, 0.5) is 5.13 Å². The molecule has 0 atom stereocenters. The predicted molar refractivity (Wildman–Crippen MR) is 125 cm³/mol. The van der Waals surface area contributed by atoms with E-state index in [1.165, 1.54) is 11.3 Å². The van der Waals surface area contributed by atoms with Gasteiger partial charge in [0.25, 0.3) is 0 Å². The molecule has 0 unspecified atom stereocenters. The number of anilines is 1. The number of hydrazone groups is 1. The molecule has 7 nitrogen and oxygen atoms in total. The molecule has 0 saturated carbocycles. The summed E-state index contributed by atoms with van der Waals surface area (Å²) in [5.74, 6) is 1.20. The molecule has 1 N–H and O–H groups in total. The zero-order valence-corrected chi connectivity index (χ0v) is 19.5. The molecule has 9 heteroatoms. The van der Waals surface area contributed by atoms with Crippen LogP contribution in [-0.4, -0.2) is 30.9 Å². The number of halogens is 1. The largest absolute Gasteiger partial charge is 0.496 e. The lowest BCUT2D eigenvalue weighted by atomic mass is 10.1. The summed E-state index contributed by atoms with van der Waals surface area (Å²) in [5, 5.41) is 6.64. The van der Waals surface area contributed by atoms with Crippen molar-refractivity contribution in [2.75, 3.05) is 19.1 Å². The number of carbonyl (C=O) groups is 1. The number of benzene rings is 2. The number of hydrogen-bond donors (Lipinski definition) is 1. The second-order valence-corrected chi connectivity index (χ2v) is 8.00. The van der Waals surface area contributed by atoms with Crippen molar-refractivity contribution in [2.45, 2.75) is 20.0 Å². The number of nitrogens with zero attached hydrogens (tertiary/aromatic N) is 2. The summed E-state index contributed by atoms with van der Waals surface area (Å²) in [6, 6.07) is 13.4. The van der Waals surface area contributed by atoms with Crippen LogP contribution in [0.25, 0.3) is 0 Å². The summed E-state index contributed by atoms with van der Waals surface area (Å²) < 4.78 is 17.2. The third kappa shape index (κ3) is 6.80. The molecule has 0 aliphatic rings. The summed E-state index contributed by atoms with van der Waals surface area (Å²) in [6.07, 6.45) is 1.84. The molecular weight excluding hydrogens is 482 g/mol. The maximum atomic E-state index is 11.5. The summed E-state index contributed by atoms with van der Waals surface area (Å²) in [4.78, 5) is 15.9. The van der Waals surface area contributed by atoms with Crippen molar-refractivity contribution in [3.05, 3.63) is 69.1 Å². The first kappa shape index (κ1) is 22.8. The molecule has 0 aliphatic heterocycles. The van der Waals surface area contributed by atoms with Crippen LogP contribution < -0.4 is 14.9 Å². The van der Waals surface area contributed by atoms with Crippen LogP contribution in [-0.2, 0) is 22.6 Å². The molecule has 31 heavy (non-hydrogen) atoms. The minimum Gasteiger partial charge on any atom is -0.496 e. The van der Waals surface area contributed by atoms with Crippen LogP contribution in [0.3, 0.4) is 0 Å². The van der Waals surface area contributed by atoms with Crippen molar-refractivity contribution >= 4 is 44.6 Å². The van der Waals surface area contributed by atoms with Gasteiger partial charge in [-0.15, -0.1) is 11.3 Å². The lowest BCUT2D eigenvalue weighted by Gasteiger charge is -2.12. The number of para-hydroxylation sites is 1. The first-order valence-corrected chi connectivity index (χ1v) is 11.2. The molecule has 3 rings (SSSR count). The zero-order valence-electron chi connectivity index (χ0n) is 17.1. The number of rotatable bonds is 10. The Kier molecular flexibility index (Phi) is 8.43. The fourth-order valence-electron chi connectivity index (χ4n) is 2.67. The van der Waals surface area contributed by atoms with Gasteiger partial charge in [0.05, 0.1) is 36.5 Å². The minimum absolute atomic E-state index is 0.148. The van der Waals surface area contributed by atoms with Crippen LogP contribution in [0.5, 0.6) is 11.5 Å². The van der Waals surface area contributed by atoms with Gasteiger partial charge in [0.15, 0.2) is 0 Å². The number of methoxy groups -OCH3 is 1.